The van der Waals surface area contributed by atoms with Gasteiger partial charge in [0.15, 0.2) is 5.78 Å². The number of carbonyl (C=O) groups is 2. The standard InChI is InChI=1S/C27H28N2O6/c1-17-23(26(31)35-13-12-34-20-10-5-4-6-11-20)24(18-8-7-9-19(14-18)29(32)33)25-21(28-17)15-27(2,3)16-22(25)30/h4-11,14,24,28H,12-13,15-16H2,1-3H3. The normalized spacial score (nSPS) is 19.1. The second-order valence-corrected chi connectivity index (χ2v) is 9.58. The summed E-state index contributed by atoms with van der Waals surface area (Å²) >= 11 is 0. The second kappa shape index (κ2) is 9.74. The molecule has 0 bridgehead atoms. The largest absolute Gasteiger partial charge is 0.490 e. The minimum Gasteiger partial charge on any atom is -0.490 e. The molecule has 1 aliphatic heterocycles. The molecule has 35 heavy (non-hydrogen) atoms. The highest BCUT2D eigenvalue weighted by Gasteiger charge is 2.43. The number of allylic oxidation sites excluding steroid dienone is 3. The second-order valence-electron chi connectivity index (χ2n) is 9.58. The Bertz CT molecular complexity index is 1230. The van der Waals surface area contributed by atoms with Crippen LogP contribution in [0.15, 0.2) is 77.1 Å². The number of non-ortho nitro benzene ring substituents is 1. The van der Waals surface area contributed by atoms with Gasteiger partial charge in [-0.05, 0) is 36.5 Å². The van der Waals surface area contributed by atoms with Crippen molar-refractivity contribution in [3.05, 3.63) is 92.8 Å². The van der Waals surface area contributed by atoms with Crippen molar-refractivity contribution in [2.24, 2.45) is 5.41 Å². The molecule has 2 aromatic rings. The number of nitro benzene ring substituents is 1. The zero-order valence-corrected chi connectivity index (χ0v) is 20.0. The fourth-order valence-corrected chi connectivity index (χ4v) is 4.75. The number of nitrogens with one attached hydrogen (secondary N) is 1. The number of dihydropyridines is 1. The Morgan fingerprint density at radius 1 is 1.11 bits per heavy atom. The summed E-state index contributed by atoms with van der Waals surface area (Å²) in [4.78, 5) is 37.6. The van der Waals surface area contributed by atoms with Gasteiger partial charge in [-0.25, -0.2) is 4.79 Å². The molecule has 1 N–H and O–H groups in total. The molecule has 0 radical (unpaired) electrons. The molecule has 1 atom stereocenters. The number of ketones is 1. The molecule has 1 unspecified atom stereocenters. The summed E-state index contributed by atoms with van der Waals surface area (Å²) in [6.07, 6.45) is 0.954. The van der Waals surface area contributed by atoms with Gasteiger partial charge in [0.25, 0.3) is 5.69 Å². The van der Waals surface area contributed by atoms with Crippen LogP contribution in [-0.2, 0) is 14.3 Å². The summed E-state index contributed by atoms with van der Waals surface area (Å²) in [5, 5.41) is 14.7. The van der Waals surface area contributed by atoms with Crippen molar-refractivity contribution in [1.29, 1.82) is 0 Å². The number of rotatable bonds is 7. The van der Waals surface area contributed by atoms with Gasteiger partial charge in [0.05, 0.1) is 10.5 Å². The van der Waals surface area contributed by atoms with E-state index >= 15 is 0 Å². The minimum absolute atomic E-state index is 0.0129. The SMILES string of the molecule is CC1=C(C(=O)OCCOc2ccccc2)C(c2cccc([N+](=O)[O-])c2)C2=C(CC(C)(C)CC2=O)N1. The number of Topliss-reactive ketones (excluding diaryl/α,β-unsaturated/α-hetero) is 1. The molecule has 8 heteroatoms. The highest BCUT2D eigenvalue weighted by Crippen LogP contribution is 2.47. The average Bonchev–Trinajstić information content (AvgIpc) is 2.80. The van der Waals surface area contributed by atoms with Gasteiger partial charge in [-0.3, -0.25) is 14.9 Å². The number of benzene rings is 2. The van der Waals surface area contributed by atoms with Gasteiger partial charge in [-0.1, -0.05) is 44.2 Å². The highest BCUT2D eigenvalue weighted by molar-refractivity contribution is 6.04. The van der Waals surface area contributed by atoms with Gasteiger partial charge in [0.2, 0.25) is 0 Å². The molecule has 1 aliphatic carbocycles. The Labute approximate surface area is 203 Å². The molecule has 0 amide bonds. The summed E-state index contributed by atoms with van der Waals surface area (Å²) in [6.45, 7) is 5.98. The zero-order chi connectivity index (χ0) is 25.2. The van der Waals surface area contributed by atoms with Crippen LogP contribution in [0.25, 0.3) is 0 Å². The average molecular weight is 477 g/mol. The lowest BCUT2D eigenvalue weighted by Crippen LogP contribution is -2.38. The topological polar surface area (TPSA) is 108 Å². The van der Waals surface area contributed by atoms with E-state index in [1.54, 1.807) is 19.1 Å². The lowest BCUT2D eigenvalue weighted by Gasteiger charge is -2.39. The summed E-state index contributed by atoms with van der Waals surface area (Å²) in [5.41, 5.74) is 2.24. The quantitative estimate of drug-likeness (QED) is 0.264. The van der Waals surface area contributed by atoms with Crippen LogP contribution in [0.5, 0.6) is 5.75 Å². The number of ether oxygens (including phenoxy) is 2. The number of para-hydroxylation sites is 1. The predicted octanol–water partition coefficient (Wildman–Crippen LogP) is 4.82. The Balaban J connectivity index is 1.64. The van der Waals surface area contributed by atoms with Crippen molar-refractivity contribution >= 4 is 17.4 Å². The first kappa shape index (κ1) is 24.2. The van der Waals surface area contributed by atoms with Crippen LogP contribution >= 0.6 is 0 Å². The molecule has 0 spiro atoms. The summed E-state index contributed by atoms with van der Waals surface area (Å²) in [7, 11) is 0. The summed E-state index contributed by atoms with van der Waals surface area (Å²) in [5.74, 6) is -0.756. The Morgan fingerprint density at radius 2 is 1.86 bits per heavy atom. The molecule has 182 valence electrons. The smallest absolute Gasteiger partial charge is 0.336 e. The molecule has 0 fully saturated rings. The number of nitro groups is 1. The molecule has 2 aliphatic rings. The molecular formula is C27H28N2O6. The van der Waals surface area contributed by atoms with Gasteiger partial charge in [-0.15, -0.1) is 0 Å². The first-order valence-electron chi connectivity index (χ1n) is 11.5. The zero-order valence-electron chi connectivity index (χ0n) is 20.0. The maximum Gasteiger partial charge on any atom is 0.336 e. The molecule has 8 nitrogen and oxygen atoms in total. The van der Waals surface area contributed by atoms with Crippen LogP contribution < -0.4 is 10.1 Å². The molecule has 0 saturated carbocycles. The maximum atomic E-state index is 13.3. The van der Waals surface area contributed by atoms with E-state index in [1.165, 1.54) is 12.1 Å². The van der Waals surface area contributed by atoms with Crippen molar-refractivity contribution in [3.63, 3.8) is 0 Å². The van der Waals surface area contributed by atoms with Crippen LogP contribution in [0.4, 0.5) is 5.69 Å². The molecule has 4 rings (SSSR count). The van der Waals surface area contributed by atoms with Crippen molar-refractivity contribution < 1.29 is 24.0 Å². The lowest BCUT2D eigenvalue weighted by atomic mass is 9.68. The summed E-state index contributed by atoms with van der Waals surface area (Å²) < 4.78 is 11.1. The third-order valence-corrected chi connectivity index (χ3v) is 6.20. The van der Waals surface area contributed by atoms with E-state index in [4.69, 9.17) is 9.47 Å². The van der Waals surface area contributed by atoms with E-state index < -0.39 is 16.8 Å². The van der Waals surface area contributed by atoms with Gasteiger partial charge < -0.3 is 14.8 Å². The number of esters is 1. The maximum absolute atomic E-state index is 13.3. The minimum atomic E-state index is -0.753. The summed E-state index contributed by atoms with van der Waals surface area (Å²) in [6, 6.07) is 15.3. The van der Waals surface area contributed by atoms with E-state index in [0.717, 1.165) is 5.70 Å². The Hall–Kier alpha value is -3.94. The van der Waals surface area contributed by atoms with Crippen LogP contribution in [0, 0.1) is 15.5 Å². The fourth-order valence-electron chi connectivity index (χ4n) is 4.75. The van der Waals surface area contributed by atoms with Crippen LogP contribution in [0.2, 0.25) is 0 Å². The number of nitrogens with zero attached hydrogens (tertiary/aromatic N) is 1. The van der Waals surface area contributed by atoms with Crippen LogP contribution in [-0.4, -0.2) is 29.9 Å². The molecule has 1 heterocycles. The number of carbonyl (C=O) groups excluding carboxylic acids is 2. The first-order chi connectivity index (χ1) is 16.7. The number of hydrogen-bond acceptors (Lipinski definition) is 7. The van der Waals surface area contributed by atoms with Gasteiger partial charge in [0.1, 0.15) is 19.0 Å². The molecule has 0 saturated heterocycles. The Kier molecular flexibility index (Phi) is 6.73. The van der Waals surface area contributed by atoms with Crippen LogP contribution in [0.1, 0.15) is 45.1 Å². The third kappa shape index (κ3) is 5.26. The van der Waals surface area contributed by atoms with Crippen molar-refractivity contribution in [2.75, 3.05) is 13.2 Å². The van der Waals surface area contributed by atoms with E-state index in [2.05, 4.69) is 5.32 Å². The molecular weight excluding hydrogens is 448 g/mol. The third-order valence-electron chi connectivity index (χ3n) is 6.20. The van der Waals surface area contributed by atoms with Gasteiger partial charge >= 0.3 is 5.97 Å². The lowest BCUT2D eigenvalue weighted by molar-refractivity contribution is -0.384. The van der Waals surface area contributed by atoms with E-state index in [9.17, 15) is 19.7 Å². The van der Waals surface area contributed by atoms with Crippen molar-refractivity contribution in [3.8, 4) is 5.75 Å². The van der Waals surface area contributed by atoms with Gasteiger partial charge in [0, 0.05) is 41.4 Å². The van der Waals surface area contributed by atoms with E-state index in [0.29, 0.717) is 35.4 Å². The Morgan fingerprint density at radius 3 is 2.57 bits per heavy atom. The first-order valence-corrected chi connectivity index (χ1v) is 11.5. The van der Waals surface area contributed by atoms with E-state index in [1.807, 2.05) is 44.2 Å². The number of hydrogen-bond donors (Lipinski definition) is 1. The molecule has 2 aromatic carbocycles. The van der Waals surface area contributed by atoms with Crippen molar-refractivity contribution in [1.82, 2.24) is 5.32 Å². The van der Waals surface area contributed by atoms with Crippen LogP contribution in [0.3, 0.4) is 0 Å². The van der Waals surface area contributed by atoms with E-state index in [-0.39, 0.29) is 35.7 Å². The molecule has 0 aromatic heterocycles. The fraction of sp³-hybridized carbons (Fsp3) is 0.333. The van der Waals surface area contributed by atoms with Crippen molar-refractivity contribution in [2.45, 2.75) is 39.5 Å². The monoisotopic (exact) mass is 476 g/mol. The predicted molar refractivity (Wildman–Crippen MR) is 130 cm³/mol. The highest BCUT2D eigenvalue weighted by atomic mass is 16.6. The van der Waals surface area contributed by atoms with Gasteiger partial charge in [-0.2, -0.15) is 0 Å².